The van der Waals surface area contributed by atoms with Crippen LogP contribution >= 0.6 is 23.2 Å². The van der Waals surface area contributed by atoms with Crippen LogP contribution in [-0.2, 0) is 6.42 Å². The standard InChI is InChI=1S/C16H23Cl2N/c1-2-19-11-14(12-5-3-4-6-12)9-13-7-8-15(17)10-16(13)18/h7-8,10,12,14,19H,2-6,9,11H2,1H3. The summed E-state index contributed by atoms with van der Waals surface area (Å²) in [4.78, 5) is 0. The molecule has 0 spiro atoms. The molecule has 1 aliphatic rings. The molecule has 0 amide bonds. The van der Waals surface area contributed by atoms with Crippen LogP contribution < -0.4 is 5.32 Å². The highest BCUT2D eigenvalue weighted by Crippen LogP contribution is 2.34. The topological polar surface area (TPSA) is 12.0 Å². The van der Waals surface area contributed by atoms with Gasteiger partial charge in [-0.2, -0.15) is 0 Å². The Morgan fingerprint density at radius 3 is 2.63 bits per heavy atom. The zero-order valence-corrected chi connectivity index (χ0v) is 13.1. The van der Waals surface area contributed by atoms with Gasteiger partial charge in [0.1, 0.15) is 0 Å². The molecule has 0 aromatic heterocycles. The summed E-state index contributed by atoms with van der Waals surface area (Å²) in [6.07, 6.45) is 6.60. The van der Waals surface area contributed by atoms with Crippen molar-refractivity contribution in [3.63, 3.8) is 0 Å². The van der Waals surface area contributed by atoms with Gasteiger partial charge in [0.2, 0.25) is 0 Å². The molecular weight excluding hydrogens is 277 g/mol. The summed E-state index contributed by atoms with van der Waals surface area (Å²) >= 11 is 12.3. The van der Waals surface area contributed by atoms with Crippen LogP contribution in [0, 0.1) is 11.8 Å². The van der Waals surface area contributed by atoms with E-state index in [2.05, 4.69) is 18.3 Å². The minimum Gasteiger partial charge on any atom is -0.317 e. The second-order valence-corrected chi connectivity index (χ2v) is 6.40. The summed E-state index contributed by atoms with van der Waals surface area (Å²) in [7, 11) is 0. The third-order valence-electron chi connectivity index (χ3n) is 4.22. The molecule has 0 aliphatic heterocycles. The Bertz CT molecular complexity index is 400. The first-order chi connectivity index (χ1) is 9.20. The molecular formula is C16H23Cl2N. The highest BCUT2D eigenvalue weighted by Gasteiger charge is 2.25. The molecule has 0 heterocycles. The first kappa shape index (κ1) is 15.2. The SMILES string of the molecule is CCNCC(Cc1ccc(Cl)cc1Cl)C1CCCC1. The van der Waals surface area contributed by atoms with Crippen LogP contribution in [0.25, 0.3) is 0 Å². The van der Waals surface area contributed by atoms with Gasteiger partial charge in [-0.25, -0.2) is 0 Å². The highest BCUT2D eigenvalue weighted by atomic mass is 35.5. The van der Waals surface area contributed by atoms with Crippen LogP contribution in [0.2, 0.25) is 10.0 Å². The van der Waals surface area contributed by atoms with E-state index in [0.717, 1.165) is 35.5 Å². The van der Waals surface area contributed by atoms with E-state index >= 15 is 0 Å². The third-order valence-corrected chi connectivity index (χ3v) is 4.81. The average molecular weight is 300 g/mol. The van der Waals surface area contributed by atoms with Crippen molar-refractivity contribution in [3.05, 3.63) is 33.8 Å². The molecule has 1 saturated carbocycles. The fourth-order valence-corrected chi connectivity index (χ4v) is 3.62. The lowest BCUT2D eigenvalue weighted by atomic mass is 9.85. The predicted molar refractivity (Wildman–Crippen MR) is 84.2 cm³/mol. The minimum absolute atomic E-state index is 0.695. The zero-order valence-electron chi connectivity index (χ0n) is 11.6. The number of nitrogens with one attached hydrogen (secondary N) is 1. The monoisotopic (exact) mass is 299 g/mol. The van der Waals surface area contributed by atoms with Crippen molar-refractivity contribution in [2.24, 2.45) is 11.8 Å². The van der Waals surface area contributed by atoms with E-state index in [1.807, 2.05) is 12.1 Å². The number of halogens is 2. The van der Waals surface area contributed by atoms with Gasteiger partial charge in [-0.3, -0.25) is 0 Å². The predicted octanol–water partition coefficient (Wildman–Crippen LogP) is 4.95. The molecule has 2 rings (SSSR count). The summed E-state index contributed by atoms with van der Waals surface area (Å²) < 4.78 is 0. The third kappa shape index (κ3) is 4.37. The average Bonchev–Trinajstić information content (AvgIpc) is 2.90. The Kier molecular flexibility index (Phi) is 6.00. The molecule has 1 unspecified atom stereocenters. The van der Waals surface area contributed by atoms with E-state index in [4.69, 9.17) is 23.2 Å². The lowest BCUT2D eigenvalue weighted by molar-refractivity contribution is 0.323. The molecule has 106 valence electrons. The quantitative estimate of drug-likeness (QED) is 0.783. The molecule has 1 aliphatic carbocycles. The summed E-state index contributed by atoms with van der Waals surface area (Å²) in [5.41, 5.74) is 1.24. The van der Waals surface area contributed by atoms with Crippen LogP contribution in [0.3, 0.4) is 0 Å². The summed E-state index contributed by atoms with van der Waals surface area (Å²) in [5, 5.41) is 5.04. The van der Waals surface area contributed by atoms with E-state index < -0.39 is 0 Å². The maximum absolute atomic E-state index is 6.31. The van der Waals surface area contributed by atoms with Gasteiger partial charge >= 0.3 is 0 Å². The Balaban J connectivity index is 2.05. The van der Waals surface area contributed by atoms with Gasteiger partial charge < -0.3 is 5.32 Å². The fraction of sp³-hybridized carbons (Fsp3) is 0.625. The molecule has 1 aromatic carbocycles. The van der Waals surface area contributed by atoms with Gasteiger partial charge in [0.25, 0.3) is 0 Å². The van der Waals surface area contributed by atoms with Crippen LogP contribution in [0.4, 0.5) is 0 Å². The molecule has 1 nitrogen and oxygen atoms in total. The van der Waals surface area contributed by atoms with Crippen molar-refractivity contribution < 1.29 is 0 Å². The van der Waals surface area contributed by atoms with Crippen LogP contribution in [0.5, 0.6) is 0 Å². The Labute approximate surface area is 126 Å². The lowest BCUT2D eigenvalue weighted by Crippen LogP contribution is -2.29. The molecule has 0 bridgehead atoms. The maximum atomic E-state index is 6.31. The van der Waals surface area contributed by atoms with E-state index in [1.165, 1.54) is 31.2 Å². The van der Waals surface area contributed by atoms with Gasteiger partial charge in [-0.05, 0) is 49.0 Å². The molecule has 0 saturated heterocycles. The lowest BCUT2D eigenvalue weighted by Gasteiger charge is -2.24. The minimum atomic E-state index is 0.695. The molecule has 1 atom stereocenters. The largest absolute Gasteiger partial charge is 0.317 e. The molecule has 19 heavy (non-hydrogen) atoms. The van der Waals surface area contributed by atoms with Crippen molar-refractivity contribution in [1.82, 2.24) is 5.32 Å². The smallest absolute Gasteiger partial charge is 0.0452 e. The zero-order chi connectivity index (χ0) is 13.7. The van der Waals surface area contributed by atoms with Crippen LogP contribution in [0.15, 0.2) is 18.2 Å². The summed E-state index contributed by atoms with van der Waals surface area (Å²) in [6.45, 7) is 4.30. The van der Waals surface area contributed by atoms with Crippen molar-refractivity contribution in [3.8, 4) is 0 Å². The van der Waals surface area contributed by atoms with E-state index in [0.29, 0.717) is 5.92 Å². The van der Waals surface area contributed by atoms with Gasteiger partial charge in [0.05, 0.1) is 0 Å². The molecule has 1 fully saturated rings. The van der Waals surface area contributed by atoms with Crippen molar-refractivity contribution >= 4 is 23.2 Å². The highest BCUT2D eigenvalue weighted by molar-refractivity contribution is 6.35. The normalized spacial score (nSPS) is 17.8. The maximum Gasteiger partial charge on any atom is 0.0452 e. The molecule has 3 heteroatoms. The van der Waals surface area contributed by atoms with E-state index in [9.17, 15) is 0 Å². The number of rotatable bonds is 6. The van der Waals surface area contributed by atoms with Crippen LogP contribution in [-0.4, -0.2) is 13.1 Å². The first-order valence-electron chi connectivity index (χ1n) is 7.35. The summed E-state index contributed by atoms with van der Waals surface area (Å²) in [6, 6.07) is 5.89. The number of hydrogen-bond donors (Lipinski definition) is 1. The molecule has 1 aromatic rings. The number of hydrogen-bond acceptors (Lipinski definition) is 1. The fourth-order valence-electron chi connectivity index (χ4n) is 3.13. The Hall–Kier alpha value is -0.240. The Morgan fingerprint density at radius 2 is 2.00 bits per heavy atom. The molecule has 1 N–H and O–H groups in total. The van der Waals surface area contributed by atoms with E-state index in [1.54, 1.807) is 0 Å². The molecule has 0 radical (unpaired) electrons. The van der Waals surface area contributed by atoms with Crippen molar-refractivity contribution in [1.29, 1.82) is 0 Å². The second kappa shape index (κ2) is 7.52. The second-order valence-electron chi connectivity index (χ2n) is 5.55. The first-order valence-corrected chi connectivity index (χ1v) is 8.11. The van der Waals surface area contributed by atoms with Gasteiger partial charge in [0, 0.05) is 10.0 Å². The van der Waals surface area contributed by atoms with Gasteiger partial charge in [-0.1, -0.05) is 61.9 Å². The number of benzene rings is 1. The van der Waals surface area contributed by atoms with Crippen LogP contribution in [0.1, 0.15) is 38.2 Å². The van der Waals surface area contributed by atoms with Crippen molar-refractivity contribution in [2.45, 2.75) is 39.0 Å². The summed E-state index contributed by atoms with van der Waals surface area (Å²) in [5.74, 6) is 1.55. The van der Waals surface area contributed by atoms with Crippen molar-refractivity contribution in [2.75, 3.05) is 13.1 Å². The Morgan fingerprint density at radius 1 is 1.26 bits per heavy atom. The van der Waals surface area contributed by atoms with E-state index in [-0.39, 0.29) is 0 Å². The van der Waals surface area contributed by atoms with Gasteiger partial charge in [0.15, 0.2) is 0 Å². The van der Waals surface area contributed by atoms with Gasteiger partial charge in [-0.15, -0.1) is 0 Å².